The average molecular weight is 360 g/mol. The van der Waals surface area contributed by atoms with Crippen molar-refractivity contribution in [2.45, 2.75) is 5.92 Å². The molecule has 2 aliphatic heterocycles. The third kappa shape index (κ3) is 2.16. The quantitative estimate of drug-likeness (QED) is 0.771. The van der Waals surface area contributed by atoms with E-state index in [2.05, 4.69) is 5.32 Å². The van der Waals surface area contributed by atoms with Crippen LogP contribution >= 0.6 is 11.6 Å². The van der Waals surface area contributed by atoms with Gasteiger partial charge in [0.2, 0.25) is 0 Å². The van der Waals surface area contributed by atoms with E-state index < -0.39 is 23.1 Å². The smallest absolute Gasteiger partial charge is 0.337 e. The molecule has 1 N–H and O–H groups in total. The molecule has 8 heteroatoms. The molecule has 0 radical (unpaired) electrons. The van der Waals surface area contributed by atoms with E-state index in [0.29, 0.717) is 27.7 Å². The fraction of sp³-hybridized carbons (Fsp3) is 0.235. The molecular formula is C17H14ClN3O4. The minimum absolute atomic E-state index is 0.0844. The number of anilines is 1. The number of carbonyl (C=O) groups is 1. The maximum atomic E-state index is 12.8. The molecule has 0 spiro atoms. The maximum Gasteiger partial charge on any atom is 0.337 e. The van der Waals surface area contributed by atoms with E-state index in [0.717, 1.165) is 10.1 Å². The number of nitrogens with one attached hydrogen (secondary N) is 1. The summed E-state index contributed by atoms with van der Waals surface area (Å²) in [5.74, 6) is -0.710. The zero-order valence-electron chi connectivity index (χ0n) is 13.5. The second-order valence-corrected chi connectivity index (χ2v) is 6.48. The Hall–Kier alpha value is -2.80. The Morgan fingerprint density at radius 1 is 1.12 bits per heavy atom. The molecular weight excluding hydrogens is 346 g/mol. The normalized spacial score (nSPS) is 18.5. The predicted molar refractivity (Wildman–Crippen MR) is 91.8 cm³/mol. The Balaban J connectivity index is 2.08. The Bertz CT molecular complexity index is 1060. The van der Waals surface area contributed by atoms with Crippen molar-refractivity contribution in [3.63, 3.8) is 0 Å². The zero-order chi connectivity index (χ0) is 17.9. The van der Waals surface area contributed by atoms with Crippen molar-refractivity contribution in [3.05, 3.63) is 72.5 Å². The molecule has 4 rings (SSSR count). The SMILES string of the molecule is Cn1c2c(c(=O)n(C)c1=O)[C@H](c1ccc(Cl)cc1)C1=C(COC1=O)N2. The molecule has 0 saturated heterocycles. The van der Waals surface area contributed by atoms with Crippen LogP contribution < -0.4 is 16.6 Å². The van der Waals surface area contributed by atoms with E-state index in [1.807, 2.05) is 0 Å². The molecule has 0 unspecified atom stereocenters. The minimum Gasteiger partial charge on any atom is -0.456 e. The standard InChI is InChI=1S/C17H14ClN3O4/c1-20-14-13(15(22)21(2)17(20)24)11(8-3-5-9(18)6-4-8)12-10(19-14)7-25-16(12)23/h3-6,11,19H,7H2,1-2H3/t11-/m1/s1. The van der Waals surface area contributed by atoms with Crippen LogP contribution in [0.25, 0.3) is 0 Å². The number of carbonyl (C=O) groups excluding carboxylic acids is 1. The highest BCUT2D eigenvalue weighted by Crippen LogP contribution is 2.42. The Morgan fingerprint density at radius 3 is 2.48 bits per heavy atom. The molecule has 128 valence electrons. The van der Waals surface area contributed by atoms with Crippen LogP contribution in [0.3, 0.4) is 0 Å². The number of aromatic nitrogens is 2. The number of benzene rings is 1. The number of ether oxygens (including phenoxy) is 1. The van der Waals surface area contributed by atoms with Gasteiger partial charge in [0.15, 0.2) is 0 Å². The molecule has 1 atom stereocenters. The number of esters is 1. The Morgan fingerprint density at radius 2 is 1.80 bits per heavy atom. The van der Waals surface area contributed by atoms with E-state index >= 15 is 0 Å². The third-order valence-electron chi connectivity index (χ3n) is 4.64. The first-order chi connectivity index (χ1) is 11.9. The van der Waals surface area contributed by atoms with Crippen LogP contribution in [0.1, 0.15) is 17.0 Å². The van der Waals surface area contributed by atoms with Crippen molar-refractivity contribution in [2.75, 3.05) is 11.9 Å². The van der Waals surface area contributed by atoms with Gasteiger partial charge in [0.25, 0.3) is 5.56 Å². The van der Waals surface area contributed by atoms with E-state index in [4.69, 9.17) is 16.3 Å². The summed E-state index contributed by atoms with van der Waals surface area (Å²) in [5, 5.41) is 3.59. The van der Waals surface area contributed by atoms with Crippen molar-refractivity contribution in [3.8, 4) is 0 Å². The van der Waals surface area contributed by atoms with Gasteiger partial charge in [0.05, 0.1) is 22.8 Å². The van der Waals surface area contributed by atoms with Gasteiger partial charge in [-0.3, -0.25) is 13.9 Å². The molecule has 1 aromatic heterocycles. The molecule has 2 aliphatic rings. The number of hydrogen-bond acceptors (Lipinski definition) is 5. The number of cyclic esters (lactones) is 1. The van der Waals surface area contributed by atoms with E-state index in [1.165, 1.54) is 11.6 Å². The summed E-state index contributed by atoms with van der Waals surface area (Å²) in [6, 6.07) is 6.93. The molecule has 7 nitrogen and oxygen atoms in total. The molecule has 3 heterocycles. The molecule has 25 heavy (non-hydrogen) atoms. The highest BCUT2D eigenvalue weighted by molar-refractivity contribution is 6.30. The summed E-state index contributed by atoms with van der Waals surface area (Å²) in [4.78, 5) is 37.4. The number of rotatable bonds is 1. The van der Waals surface area contributed by atoms with Crippen LogP contribution in [0.4, 0.5) is 5.82 Å². The molecule has 0 amide bonds. The summed E-state index contributed by atoms with van der Waals surface area (Å²) in [5.41, 5.74) is 1.14. The van der Waals surface area contributed by atoms with Gasteiger partial charge in [-0.1, -0.05) is 23.7 Å². The molecule has 0 fully saturated rings. The first kappa shape index (κ1) is 15.7. The molecule has 0 aliphatic carbocycles. The van der Waals surface area contributed by atoms with Crippen LogP contribution in [0.2, 0.25) is 5.02 Å². The second kappa shape index (κ2) is 5.35. The molecule has 0 saturated carbocycles. The van der Waals surface area contributed by atoms with Crippen molar-refractivity contribution < 1.29 is 9.53 Å². The van der Waals surface area contributed by atoms with E-state index in [-0.39, 0.29) is 6.61 Å². The summed E-state index contributed by atoms with van der Waals surface area (Å²) < 4.78 is 7.55. The largest absolute Gasteiger partial charge is 0.456 e. The average Bonchev–Trinajstić information content (AvgIpc) is 2.98. The molecule has 2 aromatic rings. The number of nitrogens with zero attached hydrogens (tertiary/aromatic N) is 2. The van der Waals surface area contributed by atoms with Gasteiger partial charge in [-0.2, -0.15) is 0 Å². The zero-order valence-corrected chi connectivity index (χ0v) is 14.3. The first-order valence-corrected chi connectivity index (χ1v) is 8.00. The van der Waals surface area contributed by atoms with Crippen LogP contribution in [0, 0.1) is 0 Å². The van der Waals surface area contributed by atoms with Gasteiger partial charge in [-0.15, -0.1) is 0 Å². The molecule has 1 aromatic carbocycles. The lowest BCUT2D eigenvalue weighted by atomic mass is 9.83. The second-order valence-electron chi connectivity index (χ2n) is 6.05. The predicted octanol–water partition coefficient (Wildman–Crippen LogP) is 1.11. The van der Waals surface area contributed by atoms with Gasteiger partial charge >= 0.3 is 11.7 Å². The highest BCUT2D eigenvalue weighted by atomic mass is 35.5. The topological polar surface area (TPSA) is 82.3 Å². The summed E-state index contributed by atoms with van der Waals surface area (Å²) in [6.07, 6.45) is 0. The van der Waals surface area contributed by atoms with Gasteiger partial charge in [-0.25, -0.2) is 9.59 Å². The summed E-state index contributed by atoms with van der Waals surface area (Å²) >= 11 is 5.97. The van der Waals surface area contributed by atoms with Gasteiger partial charge in [-0.05, 0) is 17.7 Å². The number of halogens is 1. The highest BCUT2D eigenvalue weighted by Gasteiger charge is 2.41. The van der Waals surface area contributed by atoms with Gasteiger partial charge < -0.3 is 10.1 Å². The number of fused-ring (bicyclic) bond motifs is 1. The fourth-order valence-corrected chi connectivity index (χ4v) is 3.50. The van der Waals surface area contributed by atoms with Crippen molar-refractivity contribution in [1.29, 1.82) is 0 Å². The Kier molecular flexibility index (Phi) is 3.36. The fourth-order valence-electron chi connectivity index (χ4n) is 3.37. The summed E-state index contributed by atoms with van der Waals surface area (Å²) in [6.45, 7) is 0.0844. The van der Waals surface area contributed by atoms with Crippen LogP contribution in [-0.2, 0) is 23.6 Å². The van der Waals surface area contributed by atoms with Crippen LogP contribution in [-0.4, -0.2) is 21.7 Å². The third-order valence-corrected chi connectivity index (χ3v) is 4.89. The van der Waals surface area contributed by atoms with Crippen LogP contribution in [0.15, 0.2) is 45.1 Å². The number of hydrogen-bond donors (Lipinski definition) is 1. The van der Waals surface area contributed by atoms with Gasteiger partial charge in [0, 0.05) is 19.1 Å². The van der Waals surface area contributed by atoms with Crippen molar-refractivity contribution in [2.24, 2.45) is 14.1 Å². The van der Waals surface area contributed by atoms with Crippen LogP contribution in [0.5, 0.6) is 0 Å². The lowest BCUT2D eigenvalue weighted by Gasteiger charge is -2.28. The van der Waals surface area contributed by atoms with Crippen molar-refractivity contribution in [1.82, 2.24) is 9.13 Å². The summed E-state index contributed by atoms with van der Waals surface area (Å²) in [7, 11) is 3.00. The van der Waals surface area contributed by atoms with E-state index in [9.17, 15) is 14.4 Å². The minimum atomic E-state index is -0.621. The lowest BCUT2D eigenvalue weighted by Crippen LogP contribution is -2.43. The van der Waals surface area contributed by atoms with Gasteiger partial charge in [0.1, 0.15) is 12.4 Å². The first-order valence-electron chi connectivity index (χ1n) is 7.62. The molecule has 0 bridgehead atoms. The Labute approximate surface area is 147 Å². The maximum absolute atomic E-state index is 12.8. The lowest BCUT2D eigenvalue weighted by molar-refractivity contribution is -0.136. The monoisotopic (exact) mass is 359 g/mol. The van der Waals surface area contributed by atoms with E-state index in [1.54, 1.807) is 31.3 Å². The van der Waals surface area contributed by atoms with Crippen molar-refractivity contribution >= 4 is 23.4 Å².